The summed E-state index contributed by atoms with van der Waals surface area (Å²) in [5.41, 5.74) is -1.17. The van der Waals surface area contributed by atoms with Crippen molar-refractivity contribution in [2.75, 3.05) is 32.7 Å². The van der Waals surface area contributed by atoms with Crippen LogP contribution in [0.1, 0.15) is 51.0 Å². The van der Waals surface area contributed by atoms with Crippen molar-refractivity contribution in [2.45, 2.75) is 46.3 Å². The van der Waals surface area contributed by atoms with Gasteiger partial charge in [-0.25, -0.2) is 4.99 Å². The molecule has 2 heterocycles. The fourth-order valence-corrected chi connectivity index (χ4v) is 3.12. The molecule has 2 aromatic rings. The molecule has 0 spiro atoms. The zero-order valence-corrected chi connectivity index (χ0v) is 20.4. The largest absolute Gasteiger partial charge is 0.468 e. The molecule has 0 aliphatic heterocycles. The smallest absolute Gasteiger partial charge is 0.191 e. The Kier molecular flexibility index (Phi) is 10.8. The molecule has 0 saturated heterocycles. The highest BCUT2D eigenvalue weighted by atomic mass is 127. The van der Waals surface area contributed by atoms with E-state index in [0.717, 1.165) is 31.2 Å². The molecule has 2 aromatic heterocycles. The summed E-state index contributed by atoms with van der Waals surface area (Å²) < 4.78 is 11.2. The molecule has 0 aliphatic carbocycles. The van der Waals surface area contributed by atoms with Crippen molar-refractivity contribution >= 4 is 29.9 Å². The number of aryl methyl sites for hydroxylation is 1. The molecule has 0 amide bonds. The minimum atomic E-state index is -1.17. The van der Waals surface area contributed by atoms with Crippen LogP contribution in [0.15, 0.2) is 44.4 Å². The van der Waals surface area contributed by atoms with Gasteiger partial charge in [-0.3, -0.25) is 4.90 Å². The summed E-state index contributed by atoms with van der Waals surface area (Å²) in [6.07, 6.45) is 1.70. The minimum Gasteiger partial charge on any atom is -0.468 e. The van der Waals surface area contributed by atoms with E-state index >= 15 is 0 Å². The Balaban J connectivity index is 0.00000420. The first-order valence-corrected chi connectivity index (χ1v) is 10.00. The average Bonchev–Trinajstić information content (AvgIpc) is 3.35. The molecule has 3 N–H and O–H groups in total. The highest BCUT2D eigenvalue weighted by Gasteiger charge is 2.27. The zero-order chi connectivity index (χ0) is 20.6. The van der Waals surface area contributed by atoms with Gasteiger partial charge in [-0.15, -0.1) is 24.0 Å². The van der Waals surface area contributed by atoms with Gasteiger partial charge in [0.1, 0.15) is 22.9 Å². The fourth-order valence-electron chi connectivity index (χ4n) is 3.12. The van der Waals surface area contributed by atoms with Gasteiger partial charge in [0.2, 0.25) is 0 Å². The summed E-state index contributed by atoms with van der Waals surface area (Å²) in [5.74, 6) is 2.85. The van der Waals surface area contributed by atoms with E-state index in [1.165, 1.54) is 0 Å². The van der Waals surface area contributed by atoms with Gasteiger partial charge in [-0.05, 0) is 58.1 Å². The summed E-state index contributed by atoms with van der Waals surface area (Å²) in [6.45, 7) is 13.3. The summed E-state index contributed by atoms with van der Waals surface area (Å²) in [6, 6.07) is 7.64. The highest BCUT2D eigenvalue weighted by Crippen LogP contribution is 2.23. The number of aliphatic hydroxyl groups is 1. The number of rotatable bonds is 10. The Morgan fingerprint density at radius 1 is 1.21 bits per heavy atom. The second-order valence-corrected chi connectivity index (χ2v) is 7.01. The third-order valence-electron chi connectivity index (χ3n) is 4.75. The maximum absolute atomic E-state index is 10.7. The van der Waals surface area contributed by atoms with Crippen LogP contribution in [0.2, 0.25) is 0 Å². The first-order valence-electron chi connectivity index (χ1n) is 10.00. The Morgan fingerprint density at radius 2 is 1.93 bits per heavy atom. The zero-order valence-electron chi connectivity index (χ0n) is 18.1. The van der Waals surface area contributed by atoms with E-state index in [9.17, 15) is 5.11 Å². The second kappa shape index (κ2) is 12.2. The second-order valence-electron chi connectivity index (χ2n) is 7.01. The SMILES string of the molecule is CCNC(=NCC(C)(O)c1ccc(C)o1)NCC(c1ccco1)N(CC)CC.I. The third kappa shape index (κ3) is 7.35. The number of halogens is 1. The van der Waals surface area contributed by atoms with Crippen molar-refractivity contribution in [3.63, 3.8) is 0 Å². The lowest BCUT2D eigenvalue weighted by Gasteiger charge is -2.29. The monoisotopic (exact) mass is 518 g/mol. The maximum Gasteiger partial charge on any atom is 0.191 e. The first-order chi connectivity index (χ1) is 13.4. The first kappa shape index (κ1) is 25.5. The van der Waals surface area contributed by atoms with E-state index in [0.29, 0.717) is 18.3 Å². The Labute approximate surface area is 191 Å². The molecule has 7 nitrogen and oxygen atoms in total. The van der Waals surface area contributed by atoms with E-state index in [1.54, 1.807) is 19.3 Å². The van der Waals surface area contributed by atoms with Crippen LogP contribution >= 0.6 is 24.0 Å². The average molecular weight is 518 g/mol. The normalized spacial score (nSPS) is 14.9. The summed E-state index contributed by atoms with van der Waals surface area (Å²) in [5, 5.41) is 17.3. The lowest BCUT2D eigenvalue weighted by Crippen LogP contribution is -2.43. The number of hydrogen-bond acceptors (Lipinski definition) is 5. The Bertz CT molecular complexity index is 724. The number of nitrogens with zero attached hydrogens (tertiary/aromatic N) is 2. The van der Waals surface area contributed by atoms with Crippen molar-refractivity contribution in [1.29, 1.82) is 0 Å². The molecule has 0 fully saturated rings. The highest BCUT2D eigenvalue weighted by molar-refractivity contribution is 14.0. The number of aliphatic imine (C=N–C) groups is 1. The van der Waals surface area contributed by atoms with E-state index in [2.05, 4.69) is 34.4 Å². The summed E-state index contributed by atoms with van der Waals surface area (Å²) in [4.78, 5) is 6.90. The number of nitrogens with one attached hydrogen (secondary N) is 2. The molecule has 0 aliphatic rings. The van der Waals surface area contributed by atoms with Crippen molar-refractivity contribution in [2.24, 2.45) is 4.99 Å². The van der Waals surface area contributed by atoms with Crippen molar-refractivity contribution in [1.82, 2.24) is 15.5 Å². The van der Waals surface area contributed by atoms with Gasteiger partial charge in [0.15, 0.2) is 5.96 Å². The van der Waals surface area contributed by atoms with Crippen molar-refractivity contribution in [3.8, 4) is 0 Å². The van der Waals surface area contributed by atoms with Crippen LogP contribution in [0, 0.1) is 6.92 Å². The van der Waals surface area contributed by atoms with E-state index in [-0.39, 0.29) is 36.6 Å². The topological polar surface area (TPSA) is 86.2 Å². The molecule has 2 rings (SSSR count). The molecule has 29 heavy (non-hydrogen) atoms. The Morgan fingerprint density at radius 3 is 2.45 bits per heavy atom. The molecule has 0 saturated carbocycles. The molecule has 2 unspecified atom stereocenters. The van der Waals surface area contributed by atoms with Gasteiger partial charge in [-0.2, -0.15) is 0 Å². The van der Waals surface area contributed by atoms with E-state index < -0.39 is 5.60 Å². The van der Waals surface area contributed by atoms with Gasteiger partial charge in [0.05, 0.1) is 18.8 Å². The molecule has 0 aromatic carbocycles. The molecule has 8 heteroatoms. The van der Waals surface area contributed by atoms with Crippen LogP contribution < -0.4 is 10.6 Å². The third-order valence-corrected chi connectivity index (χ3v) is 4.75. The van der Waals surface area contributed by atoms with Gasteiger partial charge in [0, 0.05) is 13.1 Å². The minimum absolute atomic E-state index is 0. The number of likely N-dealkylation sites (N-methyl/N-ethyl adjacent to an activating group) is 1. The summed E-state index contributed by atoms with van der Waals surface area (Å²) >= 11 is 0. The molecular weight excluding hydrogens is 483 g/mol. The standard InChI is InChI=1S/C21H34N4O3.HI/c1-6-22-20(24-15-21(5,26)19-12-11-16(4)28-19)23-14-17(25(7-2)8-3)18-10-9-13-27-18;/h9-13,17,26H,6-8,14-15H2,1-5H3,(H2,22,23,24);1H. The van der Waals surface area contributed by atoms with Crippen LogP contribution in [0.3, 0.4) is 0 Å². The van der Waals surface area contributed by atoms with E-state index in [4.69, 9.17) is 8.83 Å². The van der Waals surface area contributed by atoms with Gasteiger partial charge in [0.25, 0.3) is 0 Å². The predicted molar refractivity (Wildman–Crippen MR) is 127 cm³/mol. The maximum atomic E-state index is 10.7. The van der Waals surface area contributed by atoms with Crippen molar-refractivity contribution in [3.05, 3.63) is 47.8 Å². The fraction of sp³-hybridized carbons (Fsp3) is 0.571. The van der Waals surface area contributed by atoms with Crippen LogP contribution in [0.5, 0.6) is 0 Å². The summed E-state index contributed by atoms with van der Waals surface area (Å²) in [7, 11) is 0. The van der Waals surface area contributed by atoms with Crippen LogP contribution in [-0.4, -0.2) is 48.7 Å². The van der Waals surface area contributed by atoms with Crippen molar-refractivity contribution < 1.29 is 13.9 Å². The molecular formula is C21H35IN4O3. The van der Waals surface area contributed by atoms with Gasteiger partial charge < -0.3 is 24.6 Å². The van der Waals surface area contributed by atoms with Crippen LogP contribution in [0.25, 0.3) is 0 Å². The van der Waals surface area contributed by atoms with E-state index in [1.807, 2.05) is 32.0 Å². The lowest BCUT2D eigenvalue weighted by atomic mass is 10.0. The predicted octanol–water partition coefficient (Wildman–Crippen LogP) is 3.64. The lowest BCUT2D eigenvalue weighted by molar-refractivity contribution is 0.0428. The molecule has 0 bridgehead atoms. The molecule has 164 valence electrons. The molecule has 0 radical (unpaired) electrons. The quantitative estimate of drug-likeness (QED) is 0.253. The number of guanidine groups is 1. The van der Waals surface area contributed by atoms with Crippen LogP contribution in [0.4, 0.5) is 0 Å². The van der Waals surface area contributed by atoms with Gasteiger partial charge >= 0.3 is 0 Å². The number of furan rings is 2. The Hall–Kier alpha value is -1.52. The van der Waals surface area contributed by atoms with Gasteiger partial charge in [-0.1, -0.05) is 13.8 Å². The molecule has 2 atom stereocenters. The number of hydrogen-bond donors (Lipinski definition) is 3. The van der Waals surface area contributed by atoms with Crippen LogP contribution in [-0.2, 0) is 5.60 Å².